The molecule has 1 aliphatic heterocycles. The fourth-order valence-electron chi connectivity index (χ4n) is 2.20. The van der Waals surface area contributed by atoms with Crippen molar-refractivity contribution in [2.24, 2.45) is 5.92 Å². The summed E-state index contributed by atoms with van der Waals surface area (Å²) in [5.41, 5.74) is 0. The number of likely N-dealkylation sites (N-methyl/N-ethyl adjacent to an activating group) is 1. The van der Waals surface area contributed by atoms with E-state index >= 15 is 0 Å². The molecule has 0 aromatic heterocycles. The molecular formula is C12H23N3O3. The van der Waals surface area contributed by atoms with E-state index in [0.717, 1.165) is 26.1 Å². The fraction of sp³-hybridized carbons (Fsp3) is 0.833. The molecule has 0 aliphatic carbocycles. The molecule has 2 N–H and O–H groups in total. The van der Waals surface area contributed by atoms with E-state index in [1.54, 1.807) is 6.92 Å². The lowest BCUT2D eigenvalue weighted by atomic mass is 10.1. The normalized spacial score (nSPS) is 19.8. The number of urea groups is 1. The number of carbonyl (C=O) groups is 2. The van der Waals surface area contributed by atoms with Crippen LogP contribution in [0.25, 0.3) is 0 Å². The molecular weight excluding hydrogens is 234 g/mol. The number of amides is 2. The maximum atomic E-state index is 11.8. The van der Waals surface area contributed by atoms with E-state index in [1.807, 2.05) is 0 Å². The summed E-state index contributed by atoms with van der Waals surface area (Å²) in [6, 6.07) is -0.283. The summed E-state index contributed by atoms with van der Waals surface area (Å²) in [5, 5.41) is 11.5. The molecule has 0 bridgehead atoms. The Labute approximate surface area is 108 Å². The maximum absolute atomic E-state index is 11.8. The van der Waals surface area contributed by atoms with Crippen LogP contribution >= 0.6 is 0 Å². The second-order valence-electron chi connectivity index (χ2n) is 4.64. The summed E-state index contributed by atoms with van der Waals surface area (Å²) < 4.78 is 0. The van der Waals surface area contributed by atoms with E-state index in [-0.39, 0.29) is 12.6 Å². The largest absolute Gasteiger partial charge is 0.480 e. The first kappa shape index (κ1) is 14.8. The van der Waals surface area contributed by atoms with Gasteiger partial charge in [-0.05, 0) is 32.4 Å². The van der Waals surface area contributed by atoms with Crippen LogP contribution in [0, 0.1) is 5.92 Å². The number of hydrogen-bond donors (Lipinski definition) is 2. The molecule has 6 heteroatoms. The molecule has 0 aromatic rings. The van der Waals surface area contributed by atoms with Crippen molar-refractivity contribution >= 4 is 12.0 Å². The minimum Gasteiger partial charge on any atom is -0.480 e. The Hall–Kier alpha value is -1.30. The Morgan fingerprint density at radius 1 is 1.44 bits per heavy atom. The van der Waals surface area contributed by atoms with Crippen LogP contribution in [0.15, 0.2) is 0 Å². The van der Waals surface area contributed by atoms with Crippen molar-refractivity contribution in [3.8, 4) is 0 Å². The average molecular weight is 257 g/mol. The first-order chi connectivity index (χ1) is 8.56. The van der Waals surface area contributed by atoms with E-state index in [4.69, 9.17) is 5.11 Å². The molecule has 0 aromatic carbocycles. The number of nitrogens with one attached hydrogen (secondary N) is 1. The summed E-state index contributed by atoms with van der Waals surface area (Å²) in [7, 11) is 0. The van der Waals surface area contributed by atoms with Crippen LogP contribution in [0.3, 0.4) is 0 Å². The maximum Gasteiger partial charge on any atom is 0.323 e. The number of nitrogens with zero attached hydrogens (tertiary/aromatic N) is 2. The summed E-state index contributed by atoms with van der Waals surface area (Å²) in [5.74, 6) is -0.498. The fourth-order valence-corrected chi connectivity index (χ4v) is 2.20. The second kappa shape index (κ2) is 7.20. The lowest BCUT2D eigenvalue weighted by molar-refractivity contribution is -0.137. The Balaban J connectivity index is 2.29. The van der Waals surface area contributed by atoms with Gasteiger partial charge in [0.25, 0.3) is 0 Å². The topological polar surface area (TPSA) is 72.9 Å². The minimum absolute atomic E-state index is 0.242. The summed E-state index contributed by atoms with van der Waals surface area (Å²) in [4.78, 5) is 26.0. The Kier molecular flexibility index (Phi) is 5.91. The van der Waals surface area contributed by atoms with Gasteiger partial charge in [-0.3, -0.25) is 4.79 Å². The SMILES string of the molecule is CCN1CCC(CNC(=O)N(CC)CC(=O)O)C1. The van der Waals surface area contributed by atoms with Crippen LogP contribution in [-0.2, 0) is 4.79 Å². The number of hydrogen-bond acceptors (Lipinski definition) is 3. The number of carboxylic acids is 1. The highest BCUT2D eigenvalue weighted by atomic mass is 16.4. The summed E-state index contributed by atoms with van der Waals surface area (Å²) in [6.45, 7) is 7.85. The van der Waals surface area contributed by atoms with Gasteiger partial charge in [0.05, 0.1) is 0 Å². The number of aliphatic carboxylic acids is 1. The lowest BCUT2D eigenvalue weighted by Gasteiger charge is -2.20. The van der Waals surface area contributed by atoms with E-state index in [0.29, 0.717) is 19.0 Å². The zero-order chi connectivity index (χ0) is 13.5. The lowest BCUT2D eigenvalue weighted by Crippen LogP contribution is -2.44. The molecule has 1 unspecified atom stereocenters. The highest BCUT2D eigenvalue weighted by Crippen LogP contribution is 2.14. The van der Waals surface area contributed by atoms with Crippen LogP contribution in [0.4, 0.5) is 4.79 Å². The Morgan fingerprint density at radius 2 is 2.17 bits per heavy atom. The molecule has 0 spiro atoms. The van der Waals surface area contributed by atoms with Crippen molar-refractivity contribution in [3.05, 3.63) is 0 Å². The van der Waals surface area contributed by atoms with Crippen LogP contribution in [-0.4, -0.2) is 66.2 Å². The van der Waals surface area contributed by atoms with Crippen LogP contribution in [0.1, 0.15) is 20.3 Å². The summed E-state index contributed by atoms with van der Waals surface area (Å²) >= 11 is 0. The van der Waals surface area contributed by atoms with Crippen molar-refractivity contribution in [3.63, 3.8) is 0 Å². The van der Waals surface area contributed by atoms with Crippen LogP contribution in [0.2, 0.25) is 0 Å². The van der Waals surface area contributed by atoms with Crippen molar-refractivity contribution in [1.29, 1.82) is 0 Å². The quantitative estimate of drug-likeness (QED) is 0.724. The van der Waals surface area contributed by atoms with Gasteiger partial charge in [0.1, 0.15) is 6.54 Å². The van der Waals surface area contributed by atoms with Gasteiger partial charge in [0.2, 0.25) is 0 Å². The third-order valence-electron chi connectivity index (χ3n) is 3.35. The Bertz CT molecular complexity index is 296. The minimum atomic E-state index is -0.981. The molecule has 1 heterocycles. The first-order valence-electron chi connectivity index (χ1n) is 6.53. The standard InChI is InChI=1S/C12H23N3O3/c1-3-14-6-5-10(8-14)7-13-12(18)15(4-2)9-11(16)17/h10H,3-9H2,1-2H3,(H,13,18)(H,16,17). The predicted molar refractivity (Wildman–Crippen MR) is 68.5 cm³/mol. The summed E-state index contributed by atoms with van der Waals surface area (Å²) in [6.07, 6.45) is 1.10. The zero-order valence-corrected chi connectivity index (χ0v) is 11.2. The smallest absolute Gasteiger partial charge is 0.323 e. The number of likely N-dealkylation sites (tertiary alicyclic amines) is 1. The van der Waals surface area contributed by atoms with E-state index in [9.17, 15) is 9.59 Å². The van der Waals surface area contributed by atoms with Gasteiger partial charge < -0.3 is 20.2 Å². The Morgan fingerprint density at radius 3 is 2.67 bits per heavy atom. The van der Waals surface area contributed by atoms with Crippen molar-refractivity contribution in [1.82, 2.24) is 15.1 Å². The molecule has 1 atom stereocenters. The second-order valence-corrected chi connectivity index (χ2v) is 4.64. The van der Waals surface area contributed by atoms with E-state index in [2.05, 4.69) is 17.1 Å². The number of carbonyl (C=O) groups excluding carboxylic acids is 1. The van der Waals surface area contributed by atoms with Gasteiger partial charge in [-0.2, -0.15) is 0 Å². The monoisotopic (exact) mass is 257 g/mol. The average Bonchev–Trinajstić information content (AvgIpc) is 2.80. The molecule has 0 radical (unpaired) electrons. The molecule has 18 heavy (non-hydrogen) atoms. The van der Waals surface area contributed by atoms with Gasteiger partial charge in [0.15, 0.2) is 0 Å². The van der Waals surface area contributed by atoms with Crippen molar-refractivity contribution < 1.29 is 14.7 Å². The third kappa shape index (κ3) is 4.52. The van der Waals surface area contributed by atoms with Crippen LogP contribution < -0.4 is 5.32 Å². The van der Waals surface area contributed by atoms with Gasteiger partial charge in [-0.1, -0.05) is 6.92 Å². The zero-order valence-electron chi connectivity index (χ0n) is 11.2. The highest BCUT2D eigenvalue weighted by molar-refractivity contribution is 5.80. The van der Waals surface area contributed by atoms with Crippen molar-refractivity contribution in [2.45, 2.75) is 20.3 Å². The van der Waals surface area contributed by atoms with Crippen LogP contribution in [0.5, 0.6) is 0 Å². The molecule has 1 rings (SSSR count). The molecule has 1 saturated heterocycles. The van der Waals surface area contributed by atoms with Crippen molar-refractivity contribution in [2.75, 3.05) is 39.3 Å². The number of carboxylic acid groups (broad SMARTS) is 1. The van der Waals surface area contributed by atoms with E-state index < -0.39 is 5.97 Å². The molecule has 104 valence electrons. The predicted octanol–water partition coefficient (Wildman–Crippen LogP) is 0.444. The molecule has 2 amide bonds. The molecule has 1 fully saturated rings. The third-order valence-corrected chi connectivity index (χ3v) is 3.35. The first-order valence-corrected chi connectivity index (χ1v) is 6.53. The van der Waals surface area contributed by atoms with Gasteiger partial charge in [-0.15, -0.1) is 0 Å². The van der Waals surface area contributed by atoms with Gasteiger partial charge in [0, 0.05) is 19.6 Å². The van der Waals surface area contributed by atoms with E-state index in [1.165, 1.54) is 4.90 Å². The molecule has 0 saturated carbocycles. The highest BCUT2D eigenvalue weighted by Gasteiger charge is 2.22. The molecule has 6 nitrogen and oxygen atoms in total. The molecule has 1 aliphatic rings. The van der Waals surface area contributed by atoms with Gasteiger partial charge in [-0.25, -0.2) is 4.79 Å². The number of rotatable bonds is 6. The van der Waals surface area contributed by atoms with Gasteiger partial charge >= 0.3 is 12.0 Å².